The molecule has 0 radical (unpaired) electrons. The Bertz CT molecular complexity index is 358. The number of carbonyl (C=O) groups excluding carboxylic acids is 1. The van der Waals surface area contributed by atoms with Gasteiger partial charge in [0.05, 0.1) is 0 Å². The van der Waals surface area contributed by atoms with Crippen molar-refractivity contribution in [3.8, 4) is 0 Å². The topological polar surface area (TPSA) is 87.7 Å². The molecule has 5 nitrogen and oxygen atoms in total. The molecule has 4 N–H and O–H groups in total. The quantitative estimate of drug-likeness (QED) is 0.308. The molecular weight excluding hydrogens is 242 g/mol. The fourth-order valence-electron chi connectivity index (χ4n) is 3.22. The van der Waals surface area contributed by atoms with Crippen LogP contribution in [0.3, 0.4) is 0 Å². The second kappa shape index (κ2) is 5.80. The maximum absolute atomic E-state index is 12.4. The number of nitrogens with two attached hydrogens (primary N) is 1. The van der Waals surface area contributed by atoms with Crippen LogP contribution < -0.4 is 11.1 Å². The Morgan fingerprint density at radius 3 is 2.53 bits per heavy atom. The van der Waals surface area contributed by atoms with Gasteiger partial charge < -0.3 is 16.3 Å². The van der Waals surface area contributed by atoms with Crippen LogP contribution in [0.1, 0.15) is 58.3 Å². The van der Waals surface area contributed by atoms with Crippen molar-refractivity contribution in [3.05, 3.63) is 0 Å². The van der Waals surface area contributed by atoms with Crippen LogP contribution in [0.2, 0.25) is 0 Å². The highest BCUT2D eigenvalue weighted by atomic mass is 16.4. The molecule has 0 aliphatic heterocycles. The molecule has 19 heavy (non-hydrogen) atoms. The van der Waals surface area contributed by atoms with Gasteiger partial charge in [0.1, 0.15) is 5.41 Å². The van der Waals surface area contributed by atoms with Crippen molar-refractivity contribution in [2.45, 2.75) is 64.3 Å². The summed E-state index contributed by atoms with van der Waals surface area (Å²) in [6.07, 6.45) is 8.58. The van der Waals surface area contributed by atoms with Crippen molar-refractivity contribution >= 4 is 11.7 Å². The molecule has 0 saturated heterocycles. The van der Waals surface area contributed by atoms with Crippen LogP contribution >= 0.6 is 0 Å². The fourth-order valence-corrected chi connectivity index (χ4v) is 3.22. The van der Waals surface area contributed by atoms with Crippen molar-refractivity contribution in [3.63, 3.8) is 0 Å². The van der Waals surface area contributed by atoms with Crippen LogP contribution in [-0.4, -0.2) is 23.0 Å². The summed E-state index contributed by atoms with van der Waals surface area (Å²) in [5.41, 5.74) is 4.92. The van der Waals surface area contributed by atoms with Gasteiger partial charge in [-0.05, 0) is 38.0 Å². The summed E-state index contributed by atoms with van der Waals surface area (Å²) in [4.78, 5) is 12.4. The normalized spacial score (nSPS) is 24.8. The van der Waals surface area contributed by atoms with Crippen molar-refractivity contribution in [1.29, 1.82) is 0 Å². The molecule has 0 aromatic rings. The molecule has 0 heterocycles. The van der Waals surface area contributed by atoms with Gasteiger partial charge in [-0.25, -0.2) is 0 Å². The van der Waals surface area contributed by atoms with E-state index in [1.54, 1.807) is 0 Å². The number of nitrogens with zero attached hydrogens (tertiary/aromatic N) is 1. The van der Waals surface area contributed by atoms with E-state index in [4.69, 9.17) is 10.9 Å². The Morgan fingerprint density at radius 1 is 1.42 bits per heavy atom. The molecule has 2 aliphatic rings. The molecule has 5 heteroatoms. The van der Waals surface area contributed by atoms with E-state index in [0.29, 0.717) is 18.8 Å². The Balaban J connectivity index is 1.96. The number of carbonyl (C=O) groups is 1. The molecule has 2 rings (SSSR count). The van der Waals surface area contributed by atoms with Crippen LogP contribution in [0.25, 0.3) is 0 Å². The van der Waals surface area contributed by atoms with Crippen LogP contribution in [0.4, 0.5) is 0 Å². The zero-order valence-corrected chi connectivity index (χ0v) is 11.7. The lowest BCUT2D eigenvalue weighted by Gasteiger charge is -2.31. The summed E-state index contributed by atoms with van der Waals surface area (Å²) < 4.78 is 0. The Labute approximate surface area is 114 Å². The lowest BCUT2D eigenvalue weighted by molar-refractivity contribution is -0.125. The third kappa shape index (κ3) is 2.85. The number of hydrogen-bond donors (Lipinski definition) is 3. The Hall–Kier alpha value is -1.26. The van der Waals surface area contributed by atoms with Crippen molar-refractivity contribution < 1.29 is 10.0 Å². The molecule has 2 aliphatic carbocycles. The minimum absolute atomic E-state index is 0.0553. The molecule has 2 fully saturated rings. The van der Waals surface area contributed by atoms with E-state index < -0.39 is 5.41 Å². The Kier molecular flexibility index (Phi) is 4.32. The van der Waals surface area contributed by atoms with Crippen molar-refractivity contribution in [2.24, 2.45) is 22.2 Å². The molecule has 1 atom stereocenters. The first-order chi connectivity index (χ1) is 9.14. The van der Waals surface area contributed by atoms with Crippen LogP contribution in [0, 0.1) is 11.3 Å². The third-order valence-corrected chi connectivity index (χ3v) is 4.76. The monoisotopic (exact) mass is 267 g/mol. The molecule has 1 unspecified atom stereocenters. The first kappa shape index (κ1) is 14.2. The molecule has 0 aromatic carbocycles. The third-order valence-electron chi connectivity index (χ3n) is 4.76. The molecule has 1 amide bonds. The number of nitrogens with one attached hydrogen (secondary N) is 1. The number of oxime groups is 1. The lowest BCUT2D eigenvalue weighted by Crippen LogP contribution is -2.47. The van der Waals surface area contributed by atoms with Crippen molar-refractivity contribution in [1.82, 2.24) is 5.32 Å². The smallest absolute Gasteiger partial charge is 0.234 e. The van der Waals surface area contributed by atoms with E-state index in [2.05, 4.69) is 17.4 Å². The molecule has 0 spiro atoms. The summed E-state index contributed by atoms with van der Waals surface area (Å²) >= 11 is 0. The van der Waals surface area contributed by atoms with Gasteiger partial charge >= 0.3 is 0 Å². The molecule has 108 valence electrons. The summed E-state index contributed by atoms with van der Waals surface area (Å²) in [5.74, 6) is 0.592. The molecule has 0 bridgehead atoms. The maximum atomic E-state index is 12.4. The summed E-state index contributed by atoms with van der Waals surface area (Å²) in [6, 6.07) is 0.233. The SMILES string of the molecule is CCC(NC(=O)C1(C(N)=NO)CC1)C1CCCCC1. The standard InChI is InChI=1S/C14H25N3O2/c1-2-11(10-6-4-3-5-7-10)16-13(18)14(8-9-14)12(15)17-19/h10-11,19H,2-9H2,1H3,(H2,15,17)(H,16,18). The maximum Gasteiger partial charge on any atom is 0.234 e. The molecular formula is C14H25N3O2. The average molecular weight is 267 g/mol. The van der Waals surface area contributed by atoms with E-state index in [1.165, 1.54) is 32.1 Å². The van der Waals surface area contributed by atoms with E-state index in [9.17, 15) is 4.79 Å². The number of amides is 1. The summed E-state index contributed by atoms with van der Waals surface area (Å²) in [7, 11) is 0. The second-order valence-electron chi connectivity index (χ2n) is 5.95. The second-order valence-corrected chi connectivity index (χ2v) is 5.95. The van der Waals surface area contributed by atoms with Crippen LogP contribution in [-0.2, 0) is 4.79 Å². The first-order valence-corrected chi connectivity index (χ1v) is 7.43. The molecule has 2 saturated carbocycles. The zero-order chi connectivity index (χ0) is 13.9. The minimum Gasteiger partial charge on any atom is -0.409 e. The highest BCUT2D eigenvalue weighted by Crippen LogP contribution is 2.46. The predicted octanol–water partition coefficient (Wildman–Crippen LogP) is 1.99. The van der Waals surface area contributed by atoms with Gasteiger partial charge in [0.2, 0.25) is 5.91 Å². The van der Waals surface area contributed by atoms with Gasteiger partial charge in [-0.1, -0.05) is 31.3 Å². The van der Waals surface area contributed by atoms with Gasteiger partial charge in [-0.3, -0.25) is 4.79 Å². The summed E-state index contributed by atoms with van der Waals surface area (Å²) in [5, 5.41) is 14.9. The van der Waals surface area contributed by atoms with E-state index >= 15 is 0 Å². The number of rotatable bonds is 5. The van der Waals surface area contributed by atoms with E-state index in [1.807, 2.05) is 0 Å². The highest BCUT2D eigenvalue weighted by molar-refractivity contribution is 6.09. The first-order valence-electron chi connectivity index (χ1n) is 7.43. The van der Waals surface area contributed by atoms with Gasteiger partial charge in [0.15, 0.2) is 5.84 Å². The number of hydrogen-bond acceptors (Lipinski definition) is 3. The predicted molar refractivity (Wildman–Crippen MR) is 73.9 cm³/mol. The summed E-state index contributed by atoms with van der Waals surface area (Å²) in [6.45, 7) is 2.11. The van der Waals surface area contributed by atoms with Gasteiger partial charge in [0, 0.05) is 6.04 Å². The fraction of sp³-hybridized carbons (Fsp3) is 0.857. The zero-order valence-electron chi connectivity index (χ0n) is 11.7. The largest absolute Gasteiger partial charge is 0.409 e. The van der Waals surface area contributed by atoms with E-state index in [-0.39, 0.29) is 17.8 Å². The van der Waals surface area contributed by atoms with Crippen molar-refractivity contribution in [2.75, 3.05) is 0 Å². The minimum atomic E-state index is -0.725. The van der Waals surface area contributed by atoms with Gasteiger partial charge in [0.25, 0.3) is 0 Å². The van der Waals surface area contributed by atoms with E-state index in [0.717, 1.165) is 6.42 Å². The Morgan fingerprint density at radius 2 is 2.05 bits per heavy atom. The van der Waals surface area contributed by atoms with Gasteiger partial charge in [-0.15, -0.1) is 0 Å². The van der Waals surface area contributed by atoms with Gasteiger partial charge in [-0.2, -0.15) is 0 Å². The number of amidine groups is 1. The average Bonchev–Trinajstić information content (AvgIpc) is 3.26. The highest BCUT2D eigenvalue weighted by Gasteiger charge is 2.54. The lowest BCUT2D eigenvalue weighted by atomic mass is 9.82. The van der Waals surface area contributed by atoms with Crippen LogP contribution in [0.5, 0.6) is 0 Å². The molecule has 0 aromatic heterocycles. The van der Waals surface area contributed by atoms with Crippen LogP contribution in [0.15, 0.2) is 5.16 Å².